The van der Waals surface area contributed by atoms with E-state index in [1.165, 1.54) is 0 Å². The van der Waals surface area contributed by atoms with Crippen LogP contribution in [0.1, 0.15) is 19.3 Å². The summed E-state index contributed by atoms with van der Waals surface area (Å²) < 4.78 is 0. The largest absolute Gasteiger partial charge is 0.481 e. The normalized spacial score (nSPS) is 12.9. The second-order valence-corrected chi connectivity index (χ2v) is 5.71. The van der Waals surface area contributed by atoms with Crippen molar-refractivity contribution in [2.75, 3.05) is 12.3 Å². The highest BCUT2D eigenvalue weighted by molar-refractivity contribution is 7.80. The molecule has 0 heterocycles. The van der Waals surface area contributed by atoms with Gasteiger partial charge in [0.25, 0.3) is 0 Å². The van der Waals surface area contributed by atoms with Gasteiger partial charge in [-0.1, -0.05) is 0 Å². The van der Waals surface area contributed by atoms with E-state index in [1.807, 2.05) is 0 Å². The third kappa shape index (κ3) is 15.8. The molecule has 2 amide bonds. The lowest BCUT2D eigenvalue weighted by atomic mass is 10.1. The summed E-state index contributed by atoms with van der Waals surface area (Å²) >= 11 is 3.87. The molecule has 0 aromatic rings. The number of hydrogen-bond donors (Lipinski definition) is 9. The number of carboxylic acids is 4. The van der Waals surface area contributed by atoms with E-state index in [0.717, 1.165) is 0 Å². The molecule has 14 nitrogen and oxygen atoms in total. The molecule has 15 heteroatoms. The summed E-state index contributed by atoms with van der Waals surface area (Å²) in [7, 11) is 0. The minimum Gasteiger partial charge on any atom is -0.481 e. The lowest BCUT2D eigenvalue weighted by Crippen LogP contribution is -2.49. The number of carboxylic acid groups (broad SMARTS) is 4. The molecule has 0 saturated heterocycles. The molecule has 9 N–H and O–H groups in total. The van der Waals surface area contributed by atoms with E-state index < -0.39 is 66.8 Å². The lowest BCUT2D eigenvalue weighted by Gasteiger charge is -2.16. The van der Waals surface area contributed by atoms with Crippen LogP contribution in [0.5, 0.6) is 0 Å². The van der Waals surface area contributed by atoms with Gasteiger partial charge in [0, 0.05) is 12.2 Å². The number of aliphatic carboxylic acids is 4. The van der Waals surface area contributed by atoms with Crippen LogP contribution in [0.3, 0.4) is 0 Å². The summed E-state index contributed by atoms with van der Waals surface area (Å²) in [4.78, 5) is 63.2. The third-order valence-electron chi connectivity index (χ3n) is 2.90. The molecule has 0 aromatic heterocycles. The molecule has 0 aliphatic heterocycles. The molecule has 0 spiro atoms. The molecule has 0 unspecified atom stereocenters. The summed E-state index contributed by atoms with van der Waals surface area (Å²) in [5.41, 5.74) is 5.23. The maximum absolute atomic E-state index is 11.5. The molecule has 0 bridgehead atoms. The molecule has 0 rings (SSSR count). The van der Waals surface area contributed by atoms with Crippen molar-refractivity contribution in [3.63, 3.8) is 0 Å². The van der Waals surface area contributed by atoms with Crippen molar-refractivity contribution in [3.8, 4) is 0 Å². The predicted molar refractivity (Wildman–Crippen MR) is 97.2 cm³/mol. The van der Waals surface area contributed by atoms with Gasteiger partial charge in [-0.05, 0) is 6.42 Å². The summed E-state index contributed by atoms with van der Waals surface area (Å²) in [5.74, 6) is -6.55. The van der Waals surface area contributed by atoms with Crippen molar-refractivity contribution in [2.24, 2.45) is 5.73 Å². The van der Waals surface area contributed by atoms with Crippen LogP contribution >= 0.6 is 12.6 Å². The minimum atomic E-state index is -1.79. The van der Waals surface area contributed by atoms with Crippen LogP contribution in [-0.2, 0) is 28.8 Å². The molecular weight excluding hydrogens is 418 g/mol. The van der Waals surface area contributed by atoms with Crippen molar-refractivity contribution < 1.29 is 54.3 Å². The van der Waals surface area contributed by atoms with Crippen molar-refractivity contribution >= 4 is 48.3 Å². The molecular formula is C14H23N3O11S. The Kier molecular flexibility index (Phi) is 14.7. The molecule has 3 atom stereocenters. The average molecular weight is 441 g/mol. The Morgan fingerprint density at radius 3 is 1.83 bits per heavy atom. The Balaban J connectivity index is 0. The fraction of sp³-hybridized carbons (Fsp3) is 0.571. The van der Waals surface area contributed by atoms with E-state index in [0.29, 0.717) is 0 Å². The Morgan fingerprint density at radius 1 is 0.931 bits per heavy atom. The van der Waals surface area contributed by atoms with Crippen molar-refractivity contribution in [1.82, 2.24) is 10.6 Å². The lowest BCUT2D eigenvalue weighted by molar-refractivity contribution is -0.152. The second kappa shape index (κ2) is 15.1. The number of nitrogens with two attached hydrogens (primary N) is 1. The van der Waals surface area contributed by atoms with Crippen LogP contribution in [0.2, 0.25) is 0 Å². The Morgan fingerprint density at radius 2 is 1.48 bits per heavy atom. The Bertz CT molecular complexity index is 614. The predicted octanol–water partition coefficient (Wildman–Crippen LogP) is -3.30. The SMILES string of the molecule is N[C@@H](CCC(=O)N[C@@H](CS)C(=O)NCC(=O)O)C(=O)O.O=C(O)C[C@H](O)C(=O)O. The minimum absolute atomic E-state index is 0.0256. The maximum atomic E-state index is 11.5. The summed E-state index contributed by atoms with van der Waals surface area (Å²) in [6.07, 6.45) is -2.78. The van der Waals surface area contributed by atoms with Gasteiger partial charge in [0.15, 0.2) is 6.10 Å². The monoisotopic (exact) mass is 441 g/mol. The van der Waals surface area contributed by atoms with Crippen LogP contribution in [-0.4, -0.2) is 91.7 Å². The van der Waals surface area contributed by atoms with E-state index in [-0.39, 0.29) is 18.6 Å². The van der Waals surface area contributed by atoms with Gasteiger partial charge in [0.1, 0.15) is 18.6 Å². The van der Waals surface area contributed by atoms with E-state index in [2.05, 4.69) is 23.3 Å². The standard InChI is InChI=1S/C10H17N3O6S.C4H6O5/c11-5(10(18)19)1-2-7(14)13-6(4-20)9(17)12-3-8(15)16;5-2(4(8)9)1-3(6)7/h5-6,20H,1-4,11H2,(H,12,17)(H,13,14)(H,15,16)(H,18,19);2,5H,1H2,(H,6,7)(H,8,9)/t5-,6-;2-/m00/s1. The highest BCUT2D eigenvalue weighted by Crippen LogP contribution is 1.97. The number of thiol groups is 1. The number of rotatable bonds is 12. The first-order chi connectivity index (χ1) is 13.3. The van der Waals surface area contributed by atoms with Crippen LogP contribution in [0.15, 0.2) is 0 Å². The number of hydrogen-bond acceptors (Lipinski definition) is 9. The van der Waals surface area contributed by atoms with E-state index in [1.54, 1.807) is 0 Å². The topological polar surface area (TPSA) is 254 Å². The van der Waals surface area contributed by atoms with Gasteiger partial charge in [0.05, 0.1) is 6.42 Å². The van der Waals surface area contributed by atoms with Gasteiger partial charge >= 0.3 is 23.9 Å². The molecule has 0 fully saturated rings. The summed E-state index contributed by atoms with van der Waals surface area (Å²) in [6.45, 7) is -0.567. The van der Waals surface area contributed by atoms with E-state index >= 15 is 0 Å². The molecule has 0 saturated carbocycles. The van der Waals surface area contributed by atoms with Crippen LogP contribution in [0, 0.1) is 0 Å². The number of amides is 2. The summed E-state index contributed by atoms with van der Waals surface area (Å²) in [5, 5.41) is 45.5. The summed E-state index contributed by atoms with van der Waals surface area (Å²) in [6, 6.07) is -2.15. The number of nitrogens with one attached hydrogen (secondary N) is 2. The average Bonchev–Trinajstić information content (AvgIpc) is 2.61. The zero-order chi connectivity index (χ0) is 23.1. The number of aliphatic hydroxyl groups is 1. The van der Waals surface area contributed by atoms with E-state index in [4.69, 9.17) is 31.3 Å². The fourth-order valence-electron chi connectivity index (χ4n) is 1.41. The Labute approximate surface area is 169 Å². The van der Waals surface area contributed by atoms with Crippen LogP contribution < -0.4 is 16.4 Å². The zero-order valence-corrected chi connectivity index (χ0v) is 15.9. The molecule has 29 heavy (non-hydrogen) atoms. The molecule has 0 aliphatic carbocycles. The van der Waals surface area contributed by atoms with E-state index in [9.17, 15) is 28.8 Å². The van der Waals surface area contributed by atoms with Crippen molar-refractivity contribution in [2.45, 2.75) is 37.5 Å². The first kappa shape index (κ1) is 28.3. The van der Waals surface area contributed by atoms with Gasteiger partial charge in [-0.15, -0.1) is 0 Å². The van der Waals surface area contributed by atoms with Gasteiger partial charge in [-0.2, -0.15) is 12.6 Å². The first-order valence-electron chi connectivity index (χ1n) is 7.82. The van der Waals surface area contributed by atoms with Crippen molar-refractivity contribution in [1.29, 1.82) is 0 Å². The van der Waals surface area contributed by atoms with Gasteiger partial charge in [-0.25, -0.2) is 4.79 Å². The van der Waals surface area contributed by atoms with Crippen LogP contribution in [0.4, 0.5) is 0 Å². The fourth-order valence-corrected chi connectivity index (χ4v) is 1.67. The molecule has 0 aromatic carbocycles. The highest BCUT2D eigenvalue weighted by Gasteiger charge is 2.21. The van der Waals surface area contributed by atoms with Gasteiger partial charge in [0.2, 0.25) is 11.8 Å². The second-order valence-electron chi connectivity index (χ2n) is 5.35. The first-order valence-corrected chi connectivity index (χ1v) is 8.45. The van der Waals surface area contributed by atoms with Crippen molar-refractivity contribution in [3.05, 3.63) is 0 Å². The quantitative estimate of drug-likeness (QED) is 0.135. The van der Waals surface area contributed by atoms with Gasteiger partial charge < -0.3 is 41.9 Å². The smallest absolute Gasteiger partial charge is 0.333 e. The molecule has 0 aliphatic rings. The third-order valence-corrected chi connectivity index (χ3v) is 3.27. The number of carbonyl (C=O) groups excluding carboxylic acids is 2. The molecule has 166 valence electrons. The number of aliphatic hydroxyl groups excluding tert-OH is 1. The Hall–Kier alpha value is -2.91. The zero-order valence-electron chi connectivity index (χ0n) is 15.0. The number of carbonyl (C=O) groups is 6. The molecule has 0 radical (unpaired) electrons. The maximum Gasteiger partial charge on any atom is 0.333 e. The highest BCUT2D eigenvalue weighted by atomic mass is 32.1. The van der Waals surface area contributed by atoms with Crippen LogP contribution in [0.25, 0.3) is 0 Å². The van der Waals surface area contributed by atoms with Gasteiger partial charge in [-0.3, -0.25) is 24.0 Å².